The van der Waals surface area contributed by atoms with Gasteiger partial charge >= 0.3 is 0 Å². The molecule has 0 unspecified atom stereocenters. The standard InChI is InChI=1S/C26H18ClN3O3S/c1-33-20-13-11-18(12-14-20)29-24(31)21(16-28)26-30(19-8-3-2-4-9-19)25(32)23(34-26)15-17-7-5-6-10-22(17)27/h2-15H,1H3,(H,29,31)/b23-15+,26-21+. The maximum absolute atomic E-state index is 13.4. The van der Waals surface area contributed by atoms with Gasteiger partial charge in [0.15, 0.2) is 5.57 Å². The average molecular weight is 488 g/mol. The SMILES string of the molecule is COc1ccc(NC(=O)/C(C#N)=c2/s/c(=C/c3ccccc3Cl)c(=O)n2-c2ccccc2)cc1. The van der Waals surface area contributed by atoms with E-state index in [0.717, 1.165) is 11.3 Å². The zero-order valence-corrected chi connectivity index (χ0v) is 19.6. The molecule has 0 aliphatic heterocycles. The number of nitrogens with zero attached hydrogens (tertiary/aromatic N) is 2. The van der Waals surface area contributed by atoms with Crippen LogP contribution in [0.1, 0.15) is 5.56 Å². The summed E-state index contributed by atoms with van der Waals surface area (Å²) >= 11 is 7.33. The van der Waals surface area contributed by atoms with Crippen LogP contribution in [0.15, 0.2) is 83.7 Å². The Morgan fingerprint density at radius 2 is 1.74 bits per heavy atom. The molecule has 0 radical (unpaired) electrons. The highest BCUT2D eigenvalue weighted by Crippen LogP contribution is 2.17. The number of halogens is 1. The fourth-order valence-corrected chi connectivity index (χ4v) is 4.54. The van der Waals surface area contributed by atoms with Crippen molar-refractivity contribution in [1.82, 2.24) is 4.57 Å². The average Bonchev–Trinajstić information content (AvgIpc) is 3.17. The van der Waals surface area contributed by atoms with E-state index in [-0.39, 0.29) is 15.8 Å². The Balaban J connectivity index is 1.92. The lowest BCUT2D eigenvalue weighted by Gasteiger charge is -2.06. The molecule has 0 saturated carbocycles. The van der Waals surface area contributed by atoms with Crippen LogP contribution in [0.5, 0.6) is 5.75 Å². The van der Waals surface area contributed by atoms with Gasteiger partial charge in [-0.15, -0.1) is 11.3 Å². The van der Waals surface area contributed by atoms with E-state index in [2.05, 4.69) is 5.32 Å². The van der Waals surface area contributed by atoms with Crippen LogP contribution in [0.2, 0.25) is 5.02 Å². The first-order chi connectivity index (χ1) is 16.5. The van der Waals surface area contributed by atoms with Crippen LogP contribution in [0, 0.1) is 11.3 Å². The molecule has 1 heterocycles. The number of thiazole rings is 1. The van der Waals surface area contributed by atoms with Crippen molar-refractivity contribution in [1.29, 1.82) is 5.26 Å². The van der Waals surface area contributed by atoms with Crippen molar-refractivity contribution in [3.63, 3.8) is 0 Å². The number of nitriles is 1. The second-order valence-electron chi connectivity index (χ2n) is 7.08. The van der Waals surface area contributed by atoms with Crippen molar-refractivity contribution in [2.75, 3.05) is 12.4 Å². The summed E-state index contributed by atoms with van der Waals surface area (Å²) in [4.78, 5) is 26.5. The van der Waals surface area contributed by atoms with Crippen molar-refractivity contribution in [2.45, 2.75) is 0 Å². The summed E-state index contributed by atoms with van der Waals surface area (Å²) in [5.41, 5.74) is 1.17. The van der Waals surface area contributed by atoms with E-state index in [1.165, 1.54) is 4.57 Å². The van der Waals surface area contributed by atoms with Gasteiger partial charge in [-0.2, -0.15) is 5.26 Å². The number of amides is 1. The van der Waals surface area contributed by atoms with Crippen molar-refractivity contribution >= 4 is 46.2 Å². The predicted molar refractivity (Wildman–Crippen MR) is 135 cm³/mol. The number of methoxy groups -OCH3 is 1. The van der Waals surface area contributed by atoms with Crippen LogP contribution in [-0.2, 0) is 4.79 Å². The number of anilines is 1. The molecule has 1 N–H and O–H groups in total. The number of hydrogen-bond donors (Lipinski definition) is 1. The van der Waals surface area contributed by atoms with E-state index in [9.17, 15) is 14.9 Å². The molecule has 168 valence electrons. The molecular weight excluding hydrogens is 470 g/mol. The van der Waals surface area contributed by atoms with Gasteiger partial charge in [0.1, 0.15) is 16.5 Å². The third-order valence-corrected chi connectivity index (χ3v) is 6.37. The van der Waals surface area contributed by atoms with Gasteiger partial charge in [0.2, 0.25) is 0 Å². The summed E-state index contributed by atoms with van der Waals surface area (Å²) in [7, 11) is 1.55. The number of nitrogens with one attached hydrogen (secondary N) is 1. The first-order valence-electron chi connectivity index (χ1n) is 10.1. The topological polar surface area (TPSA) is 84.1 Å². The zero-order valence-electron chi connectivity index (χ0n) is 18.0. The quantitative estimate of drug-likeness (QED) is 0.465. The van der Waals surface area contributed by atoms with E-state index < -0.39 is 5.91 Å². The Bertz CT molecular complexity index is 1570. The minimum atomic E-state index is -0.622. The molecule has 0 atom stereocenters. The summed E-state index contributed by atoms with van der Waals surface area (Å²) in [6.45, 7) is 0. The largest absolute Gasteiger partial charge is 0.497 e. The highest BCUT2D eigenvalue weighted by atomic mass is 35.5. The van der Waals surface area contributed by atoms with E-state index >= 15 is 0 Å². The molecule has 6 nitrogen and oxygen atoms in total. The highest BCUT2D eigenvalue weighted by molar-refractivity contribution is 7.07. The molecule has 0 bridgehead atoms. The fraction of sp³-hybridized carbons (Fsp3) is 0.0385. The second kappa shape index (κ2) is 10.2. The Hall–Kier alpha value is -4.12. The van der Waals surface area contributed by atoms with Crippen molar-refractivity contribution in [3.8, 4) is 17.5 Å². The lowest BCUT2D eigenvalue weighted by atomic mass is 10.2. The summed E-state index contributed by atoms with van der Waals surface area (Å²) in [6, 6.07) is 24.7. The summed E-state index contributed by atoms with van der Waals surface area (Å²) in [6.07, 6.45) is 1.66. The molecule has 1 amide bonds. The number of benzene rings is 3. The van der Waals surface area contributed by atoms with Gasteiger partial charge < -0.3 is 10.1 Å². The molecule has 0 fully saturated rings. The second-order valence-corrected chi connectivity index (χ2v) is 8.52. The molecule has 0 spiro atoms. The van der Waals surface area contributed by atoms with E-state index in [0.29, 0.717) is 32.2 Å². The van der Waals surface area contributed by atoms with Crippen molar-refractivity contribution in [2.24, 2.45) is 0 Å². The number of hydrogen-bond acceptors (Lipinski definition) is 5. The maximum atomic E-state index is 13.4. The third kappa shape index (κ3) is 4.79. The van der Waals surface area contributed by atoms with Gasteiger partial charge in [0, 0.05) is 10.7 Å². The Labute approximate surface area is 204 Å². The maximum Gasteiger partial charge on any atom is 0.273 e. The van der Waals surface area contributed by atoms with Gasteiger partial charge in [0.25, 0.3) is 11.5 Å². The van der Waals surface area contributed by atoms with Crippen molar-refractivity contribution in [3.05, 3.63) is 109 Å². The van der Waals surface area contributed by atoms with Gasteiger partial charge in [-0.25, -0.2) is 0 Å². The molecule has 4 aromatic rings. The minimum absolute atomic E-state index is 0.180. The summed E-state index contributed by atoms with van der Waals surface area (Å²) < 4.78 is 7.07. The number of para-hydroxylation sites is 1. The monoisotopic (exact) mass is 487 g/mol. The van der Waals surface area contributed by atoms with E-state index in [1.807, 2.05) is 18.2 Å². The number of aromatic nitrogens is 1. The zero-order chi connectivity index (χ0) is 24.1. The number of carbonyl (C=O) groups is 1. The lowest BCUT2D eigenvalue weighted by Crippen LogP contribution is -2.32. The first kappa shape index (κ1) is 23.1. The third-order valence-electron chi connectivity index (χ3n) is 4.93. The van der Waals surface area contributed by atoms with E-state index in [1.54, 1.807) is 79.9 Å². The van der Waals surface area contributed by atoms with E-state index in [4.69, 9.17) is 16.3 Å². The van der Waals surface area contributed by atoms with Crippen LogP contribution >= 0.6 is 22.9 Å². The number of carbonyl (C=O) groups excluding carboxylic acids is 1. The Morgan fingerprint density at radius 3 is 2.38 bits per heavy atom. The fourth-order valence-electron chi connectivity index (χ4n) is 3.26. The Morgan fingerprint density at radius 1 is 1.06 bits per heavy atom. The minimum Gasteiger partial charge on any atom is -0.497 e. The lowest BCUT2D eigenvalue weighted by molar-refractivity contribution is -0.111. The number of rotatable bonds is 5. The smallest absolute Gasteiger partial charge is 0.273 e. The number of ether oxygens (including phenoxy) is 1. The van der Waals surface area contributed by atoms with Gasteiger partial charge in [-0.05, 0) is 54.1 Å². The van der Waals surface area contributed by atoms with Gasteiger partial charge in [-0.1, -0.05) is 48.0 Å². The van der Waals surface area contributed by atoms with Crippen LogP contribution in [-0.4, -0.2) is 17.6 Å². The molecule has 0 aliphatic rings. The molecule has 0 saturated heterocycles. The van der Waals surface area contributed by atoms with Crippen LogP contribution < -0.4 is 24.8 Å². The summed E-state index contributed by atoms with van der Waals surface area (Å²) in [5.74, 6) is 0.0151. The molecule has 1 aromatic heterocycles. The predicted octanol–water partition coefficient (Wildman–Crippen LogP) is 3.70. The first-order valence-corrected chi connectivity index (χ1v) is 11.3. The van der Waals surface area contributed by atoms with Crippen LogP contribution in [0.25, 0.3) is 17.3 Å². The molecular formula is C26H18ClN3O3S. The Kier molecular flexibility index (Phi) is 6.93. The molecule has 34 heavy (non-hydrogen) atoms. The van der Waals surface area contributed by atoms with Crippen LogP contribution in [0.3, 0.4) is 0 Å². The normalized spacial score (nSPS) is 12.1. The van der Waals surface area contributed by atoms with Gasteiger partial charge in [0.05, 0.1) is 17.3 Å². The molecule has 3 aromatic carbocycles. The van der Waals surface area contributed by atoms with Crippen molar-refractivity contribution < 1.29 is 9.53 Å². The van der Waals surface area contributed by atoms with Crippen LogP contribution in [0.4, 0.5) is 5.69 Å². The summed E-state index contributed by atoms with van der Waals surface area (Å²) in [5, 5.41) is 13.1. The molecule has 8 heteroatoms. The molecule has 0 aliphatic carbocycles. The molecule has 4 rings (SSSR count). The van der Waals surface area contributed by atoms with Gasteiger partial charge in [-0.3, -0.25) is 14.2 Å². The highest BCUT2D eigenvalue weighted by Gasteiger charge is 2.17.